The van der Waals surface area contributed by atoms with E-state index in [2.05, 4.69) is 71.1 Å². The van der Waals surface area contributed by atoms with Crippen LogP contribution in [-0.4, -0.2) is 61.5 Å². The predicted octanol–water partition coefficient (Wildman–Crippen LogP) is 3.22. The van der Waals surface area contributed by atoms with Gasteiger partial charge >= 0.3 is 0 Å². The van der Waals surface area contributed by atoms with E-state index in [0.717, 1.165) is 45.6 Å². The van der Waals surface area contributed by atoms with Crippen LogP contribution in [0.2, 0.25) is 0 Å². The molecule has 0 aromatic heterocycles. The maximum atomic E-state index is 12.8. The van der Waals surface area contributed by atoms with E-state index in [1.807, 2.05) is 0 Å². The molecule has 1 aliphatic heterocycles. The summed E-state index contributed by atoms with van der Waals surface area (Å²) < 4.78 is 0. The predicted molar refractivity (Wildman–Crippen MR) is 108 cm³/mol. The molecule has 0 N–H and O–H groups in total. The van der Waals surface area contributed by atoms with Crippen molar-refractivity contribution in [2.45, 2.75) is 25.8 Å². The molecule has 2 aromatic carbocycles. The van der Waals surface area contributed by atoms with Crippen LogP contribution in [0.25, 0.3) is 10.8 Å². The number of carbonyl (C=O) groups excluding carboxylic acids is 1. The number of amides is 1. The van der Waals surface area contributed by atoms with E-state index in [0.29, 0.717) is 11.9 Å². The van der Waals surface area contributed by atoms with Gasteiger partial charge in [0.15, 0.2) is 0 Å². The van der Waals surface area contributed by atoms with Crippen molar-refractivity contribution >= 4 is 22.4 Å². The molecule has 1 heterocycles. The van der Waals surface area contributed by atoms with Crippen molar-refractivity contribution in [3.63, 3.8) is 0 Å². The fraction of sp³-hybridized carbons (Fsp3) is 0.500. The third kappa shape index (κ3) is 3.18. The molecule has 0 bridgehead atoms. The van der Waals surface area contributed by atoms with E-state index >= 15 is 0 Å². The molecule has 0 atom stereocenters. The first-order valence-corrected chi connectivity index (χ1v) is 9.89. The fourth-order valence-corrected chi connectivity index (χ4v) is 4.41. The molecular formula is C22H29N3O. The second-order valence-electron chi connectivity index (χ2n) is 7.74. The minimum atomic E-state index is 0.215. The van der Waals surface area contributed by atoms with Crippen molar-refractivity contribution in [2.24, 2.45) is 5.92 Å². The van der Waals surface area contributed by atoms with Crippen molar-refractivity contribution in [3.8, 4) is 0 Å². The van der Waals surface area contributed by atoms with Gasteiger partial charge in [-0.1, -0.05) is 36.4 Å². The van der Waals surface area contributed by atoms with E-state index in [9.17, 15) is 4.79 Å². The SMILES string of the molecule is CCN(c1cccc2ccccc12)C1CC(C(=O)N2CCN(C)CC2)C1. The molecule has 1 saturated carbocycles. The van der Waals surface area contributed by atoms with Crippen LogP contribution in [0.4, 0.5) is 5.69 Å². The highest BCUT2D eigenvalue weighted by atomic mass is 16.2. The summed E-state index contributed by atoms with van der Waals surface area (Å²) in [6, 6.07) is 15.6. The molecule has 26 heavy (non-hydrogen) atoms. The van der Waals surface area contributed by atoms with Crippen molar-refractivity contribution in [2.75, 3.05) is 44.7 Å². The van der Waals surface area contributed by atoms with Crippen molar-refractivity contribution < 1.29 is 4.79 Å². The third-order valence-electron chi connectivity index (χ3n) is 6.13. The summed E-state index contributed by atoms with van der Waals surface area (Å²) >= 11 is 0. The van der Waals surface area contributed by atoms with Crippen molar-refractivity contribution in [1.29, 1.82) is 0 Å². The Hall–Kier alpha value is -2.07. The minimum absolute atomic E-state index is 0.215. The first-order chi connectivity index (χ1) is 12.7. The quantitative estimate of drug-likeness (QED) is 0.846. The van der Waals surface area contributed by atoms with Crippen LogP contribution in [0.5, 0.6) is 0 Å². The van der Waals surface area contributed by atoms with E-state index in [1.54, 1.807) is 0 Å². The second-order valence-corrected chi connectivity index (χ2v) is 7.74. The molecule has 4 nitrogen and oxygen atoms in total. The van der Waals surface area contributed by atoms with Crippen LogP contribution in [0, 0.1) is 5.92 Å². The van der Waals surface area contributed by atoms with Gasteiger partial charge in [0.25, 0.3) is 0 Å². The van der Waals surface area contributed by atoms with Gasteiger partial charge in [-0.25, -0.2) is 0 Å². The maximum absolute atomic E-state index is 12.8. The molecule has 1 saturated heterocycles. The molecule has 0 unspecified atom stereocenters. The molecule has 0 radical (unpaired) electrons. The Morgan fingerprint density at radius 2 is 1.73 bits per heavy atom. The molecule has 1 amide bonds. The van der Waals surface area contributed by atoms with Gasteiger partial charge in [-0.3, -0.25) is 4.79 Å². The second kappa shape index (κ2) is 7.28. The van der Waals surface area contributed by atoms with Crippen LogP contribution >= 0.6 is 0 Å². The summed E-state index contributed by atoms with van der Waals surface area (Å²) in [6.07, 6.45) is 1.98. The number of carbonyl (C=O) groups is 1. The number of likely N-dealkylation sites (N-methyl/N-ethyl adjacent to an activating group) is 1. The van der Waals surface area contributed by atoms with Crippen LogP contribution in [0.1, 0.15) is 19.8 Å². The Bertz CT molecular complexity index is 771. The topological polar surface area (TPSA) is 26.8 Å². The zero-order chi connectivity index (χ0) is 18.1. The lowest BCUT2D eigenvalue weighted by atomic mass is 9.78. The van der Waals surface area contributed by atoms with Crippen LogP contribution in [0.15, 0.2) is 42.5 Å². The third-order valence-corrected chi connectivity index (χ3v) is 6.13. The Labute approximate surface area is 156 Å². The Kier molecular flexibility index (Phi) is 4.86. The van der Waals surface area contributed by atoms with Crippen molar-refractivity contribution in [1.82, 2.24) is 9.80 Å². The van der Waals surface area contributed by atoms with Gasteiger partial charge in [-0.05, 0) is 38.3 Å². The molecular weight excluding hydrogens is 322 g/mol. The number of hydrogen-bond donors (Lipinski definition) is 0. The maximum Gasteiger partial charge on any atom is 0.225 e. The fourth-order valence-electron chi connectivity index (χ4n) is 4.41. The van der Waals surface area contributed by atoms with Gasteiger partial charge in [-0.15, -0.1) is 0 Å². The molecule has 138 valence electrons. The molecule has 4 rings (SSSR count). The minimum Gasteiger partial charge on any atom is -0.368 e. The Balaban J connectivity index is 1.44. The average Bonchev–Trinajstić information content (AvgIpc) is 2.64. The first kappa shape index (κ1) is 17.3. The number of rotatable bonds is 4. The van der Waals surface area contributed by atoms with Gasteiger partial charge < -0.3 is 14.7 Å². The lowest BCUT2D eigenvalue weighted by Crippen LogP contribution is -2.54. The van der Waals surface area contributed by atoms with Gasteiger partial charge in [-0.2, -0.15) is 0 Å². The van der Waals surface area contributed by atoms with Gasteiger partial charge in [0.1, 0.15) is 0 Å². The van der Waals surface area contributed by atoms with E-state index in [4.69, 9.17) is 0 Å². The molecule has 2 fully saturated rings. The largest absolute Gasteiger partial charge is 0.368 e. The summed E-state index contributed by atoms with van der Waals surface area (Å²) in [5.41, 5.74) is 1.31. The van der Waals surface area contributed by atoms with Crippen LogP contribution in [-0.2, 0) is 4.79 Å². The smallest absolute Gasteiger partial charge is 0.225 e. The van der Waals surface area contributed by atoms with Gasteiger partial charge in [0.05, 0.1) is 0 Å². The number of anilines is 1. The highest BCUT2D eigenvalue weighted by Gasteiger charge is 2.40. The number of hydrogen-bond acceptors (Lipinski definition) is 3. The number of benzene rings is 2. The van der Waals surface area contributed by atoms with Crippen LogP contribution < -0.4 is 4.90 Å². The highest BCUT2D eigenvalue weighted by Crippen LogP contribution is 2.38. The number of fused-ring (bicyclic) bond motifs is 1. The zero-order valence-electron chi connectivity index (χ0n) is 15.9. The lowest BCUT2D eigenvalue weighted by Gasteiger charge is -2.45. The van der Waals surface area contributed by atoms with Crippen LogP contribution in [0.3, 0.4) is 0 Å². The molecule has 2 aromatic rings. The average molecular weight is 351 g/mol. The lowest BCUT2D eigenvalue weighted by molar-refractivity contribution is -0.140. The monoisotopic (exact) mass is 351 g/mol. The van der Waals surface area contributed by atoms with E-state index in [1.165, 1.54) is 16.5 Å². The zero-order valence-corrected chi connectivity index (χ0v) is 15.9. The van der Waals surface area contributed by atoms with Crippen molar-refractivity contribution in [3.05, 3.63) is 42.5 Å². The summed E-state index contributed by atoms with van der Waals surface area (Å²) in [7, 11) is 2.13. The standard InChI is InChI=1S/C22H29N3O/c1-3-25(21-10-6-8-17-7-4-5-9-20(17)21)19-15-18(16-19)22(26)24-13-11-23(2)12-14-24/h4-10,18-19H,3,11-16H2,1-2H3. The first-order valence-electron chi connectivity index (χ1n) is 9.89. The molecule has 4 heteroatoms. The van der Waals surface area contributed by atoms with E-state index < -0.39 is 0 Å². The summed E-state index contributed by atoms with van der Waals surface area (Å²) in [4.78, 5) is 19.7. The molecule has 1 aliphatic carbocycles. The summed E-state index contributed by atoms with van der Waals surface area (Å²) in [5.74, 6) is 0.593. The number of nitrogens with zero attached hydrogens (tertiary/aromatic N) is 3. The van der Waals surface area contributed by atoms with Gasteiger partial charge in [0.2, 0.25) is 5.91 Å². The summed E-state index contributed by atoms with van der Waals surface area (Å²) in [6.45, 7) is 6.97. The van der Waals surface area contributed by atoms with Gasteiger partial charge in [0, 0.05) is 55.8 Å². The highest BCUT2D eigenvalue weighted by molar-refractivity contribution is 5.94. The Morgan fingerprint density at radius 3 is 2.46 bits per heavy atom. The van der Waals surface area contributed by atoms with E-state index in [-0.39, 0.29) is 5.92 Å². The summed E-state index contributed by atoms with van der Waals surface area (Å²) in [5, 5.41) is 2.60. The number of piperazine rings is 1. The normalized spacial score (nSPS) is 23.7. The molecule has 2 aliphatic rings. The Morgan fingerprint density at radius 1 is 1.04 bits per heavy atom. The molecule has 0 spiro atoms.